The Morgan fingerprint density at radius 2 is 0.781 bits per heavy atom. The van der Waals surface area contributed by atoms with Crippen molar-refractivity contribution < 1.29 is 14.3 Å². The molecule has 0 saturated carbocycles. The predicted molar refractivity (Wildman–Crippen MR) is 284 cm³/mol. The summed E-state index contributed by atoms with van der Waals surface area (Å²) in [5, 5.41) is 0. The molecule has 0 bridgehead atoms. The fourth-order valence-electron chi connectivity index (χ4n) is 10.5. The average Bonchev–Trinajstić information content (AvgIpc) is 3.20. The van der Waals surface area contributed by atoms with Gasteiger partial charge in [0.1, 0.15) is 17.1 Å². The van der Waals surface area contributed by atoms with Gasteiger partial charge < -0.3 is 9.47 Å². The van der Waals surface area contributed by atoms with Crippen molar-refractivity contribution >= 4 is 5.97 Å². The zero-order valence-corrected chi connectivity index (χ0v) is 46.5. The Hall–Kier alpha value is -1.51. The first-order chi connectivity index (χ1) is 30.1. The molecule has 0 saturated heterocycles. The molecule has 1 aliphatic rings. The van der Waals surface area contributed by atoms with Crippen molar-refractivity contribution in [1.29, 1.82) is 0 Å². The van der Waals surface area contributed by atoms with Gasteiger partial charge in [-0.2, -0.15) is 0 Å². The molecule has 0 fully saturated rings. The van der Waals surface area contributed by atoms with Crippen molar-refractivity contribution in [3.8, 4) is 11.5 Å². The van der Waals surface area contributed by atoms with Crippen molar-refractivity contribution in [2.24, 2.45) is 53.3 Å². The Morgan fingerprint density at radius 3 is 1.11 bits per heavy atom. The number of hydrogen-bond acceptors (Lipinski definition) is 3. The number of benzene rings is 1. The maximum atomic E-state index is 11.6. The third-order valence-corrected chi connectivity index (χ3v) is 15.5. The highest BCUT2D eigenvalue weighted by Crippen LogP contribution is 2.45. The second-order valence-electron chi connectivity index (χ2n) is 24.2. The molecular weight excluding hydrogens is 781 g/mol. The standard InChI is InChI=1S/C31H52O3.C30H62/c1-21(2)13-10-14-22(3)15-11-16-23(4)17-12-19-31(9)20-18-28-26(7)29(33-27(8)32)24(5)25(6)30(28)34-31;1-25(2)15-11-19-29(7)23-13-21-27(5)17-9-10-18-28(6)22-14-24-30(8)20-12-16-26(3)4/h21-23H,10-20H2,1-9H3;25-30H,9-24H2,1-8H3/t22-,23-,31-;/m1./s1. The molecule has 0 amide bonds. The van der Waals surface area contributed by atoms with Gasteiger partial charge in [0.2, 0.25) is 0 Å². The molecule has 1 heterocycles. The van der Waals surface area contributed by atoms with E-state index in [4.69, 9.17) is 9.47 Å². The lowest BCUT2D eigenvalue weighted by Crippen LogP contribution is -2.37. The van der Waals surface area contributed by atoms with Crippen LogP contribution in [0.15, 0.2) is 0 Å². The van der Waals surface area contributed by atoms with E-state index in [0.29, 0.717) is 0 Å². The highest BCUT2D eigenvalue weighted by atomic mass is 16.5. The second-order valence-corrected chi connectivity index (χ2v) is 24.2. The van der Waals surface area contributed by atoms with Crippen molar-refractivity contribution in [2.45, 2.75) is 297 Å². The van der Waals surface area contributed by atoms with E-state index in [-0.39, 0.29) is 11.6 Å². The van der Waals surface area contributed by atoms with E-state index < -0.39 is 0 Å². The topological polar surface area (TPSA) is 35.5 Å². The number of rotatable bonds is 34. The Bertz CT molecular complexity index is 1310. The van der Waals surface area contributed by atoms with Crippen molar-refractivity contribution in [3.05, 3.63) is 22.3 Å². The fraction of sp³-hybridized carbons (Fsp3) is 0.885. The van der Waals surface area contributed by atoms with Gasteiger partial charge >= 0.3 is 5.97 Å². The molecule has 0 aromatic heterocycles. The average molecular weight is 896 g/mol. The molecule has 2 rings (SSSR count). The number of fused-ring (bicyclic) bond motifs is 1. The van der Waals surface area contributed by atoms with E-state index in [1.165, 1.54) is 167 Å². The number of carbonyl (C=O) groups excluding carboxylic acids is 1. The molecule has 376 valence electrons. The van der Waals surface area contributed by atoms with Crippen molar-refractivity contribution in [1.82, 2.24) is 0 Å². The smallest absolute Gasteiger partial charge is 0.308 e. The van der Waals surface area contributed by atoms with Crippen LogP contribution in [0.2, 0.25) is 0 Å². The summed E-state index contributed by atoms with van der Waals surface area (Å²) >= 11 is 0. The Balaban J connectivity index is 0.000000646. The van der Waals surface area contributed by atoms with Crippen LogP contribution in [0.3, 0.4) is 0 Å². The lowest BCUT2D eigenvalue weighted by atomic mass is 9.83. The number of esters is 1. The highest BCUT2D eigenvalue weighted by Gasteiger charge is 2.34. The molecule has 0 N–H and O–H groups in total. The molecule has 64 heavy (non-hydrogen) atoms. The van der Waals surface area contributed by atoms with Crippen LogP contribution >= 0.6 is 0 Å². The first-order valence-electron chi connectivity index (χ1n) is 28.1. The molecular formula is C61H114O3. The van der Waals surface area contributed by atoms with Crippen LogP contribution in [0.5, 0.6) is 11.5 Å². The molecule has 3 heteroatoms. The van der Waals surface area contributed by atoms with E-state index in [1.807, 2.05) is 6.92 Å². The molecule has 3 nitrogen and oxygen atoms in total. The van der Waals surface area contributed by atoms with Gasteiger partial charge in [0, 0.05) is 12.5 Å². The number of ether oxygens (including phenoxy) is 2. The van der Waals surface area contributed by atoms with Crippen LogP contribution in [-0.2, 0) is 11.2 Å². The number of unbranched alkanes of at least 4 members (excludes halogenated alkanes) is 1. The number of hydrogen-bond donors (Lipinski definition) is 0. The molecule has 7 atom stereocenters. The Labute approximate surface area is 402 Å². The lowest BCUT2D eigenvalue weighted by Gasteiger charge is -2.38. The van der Waals surface area contributed by atoms with Gasteiger partial charge in [-0.25, -0.2) is 0 Å². The summed E-state index contributed by atoms with van der Waals surface area (Å²) in [4.78, 5) is 11.6. The van der Waals surface area contributed by atoms with Gasteiger partial charge in [-0.05, 0) is 123 Å². The van der Waals surface area contributed by atoms with E-state index in [0.717, 1.165) is 101 Å². The third-order valence-electron chi connectivity index (χ3n) is 15.5. The van der Waals surface area contributed by atoms with Crippen LogP contribution < -0.4 is 9.47 Å². The van der Waals surface area contributed by atoms with Crippen LogP contribution in [0, 0.1) is 74.0 Å². The molecule has 0 spiro atoms. The first-order valence-corrected chi connectivity index (χ1v) is 28.1. The Kier molecular flexibility index (Phi) is 32.0. The van der Waals surface area contributed by atoms with Gasteiger partial charge in [-0.3, -0.25) is 4.79 Å². The molecule has 4 unspecified atom stereocenters. The minimum absolute atomic E-state index is 0.107. The predicted octanol–water partition coefficient (Wildman–Crippen LogP) is 20.1. The zero-order valence-electron chi connectivity index (χ0n) is 46.5. The summed E-state index contributed by atoms with van der Waals surface area (Å²) in [6.45, 7) is 38.8. The highest BCUT2D eigenvalue weighted by molar-refractivity contribution is 5.72. The van der Waals surface area contributed by atoms with Gasteiger partial charge in [0.05, 0.1) is 0 Å². The lowest BCUT2D eigenvalue weighted by molar-refractivity contribution is -0.132. The quantitative estimate of drug-likeness (QED) is 0.0393. The maximum Gasteiger partial charge on any atom is 0.308 e. The second kappa shape index (κ2) is 33.9. The third kappa shape index (κ3) is 28.0. The van der Waals surface area contributed by atoms with Crippen LogP contribution in [0.1, 0.15) is 286 Å². The number of carbonyl (C=O) groups is 1. The minimum atomic E-state index is -0.262. The normalized spacial score (nSPS) is 17.9. The van der Waals surface area contributed by atoms with Crippen LogP contribution in [0.4, 0.5) is 0 Å². The fourth-order valence-corrected chi connectivity index (χ4v) is 10.5. The van der Waals surface area contributed by atoms with Gasteiger partial charge in [-0.1, -0.05) is 231 Å². The van der Waals surface area contributed by atoms with E-state index in [9.17, 15) is 4.79 Å². The molecule has 0 radical (unpaired) electrons. The summed E-state index contributed by atoms with van der Waals surface area (Å²) in [5.74, 6) is 9.50. The summed E-state index contributed by atoms with van der Waals surface area (Å²) in [6.07, 6.45) is 37.0. The van der Waals surface area contributed by atoms with Crippen LogP contribution in [0.25, 0.3) is 0 Å². The van der Waals surface area contributed by atoms with E-state index in [2.05, 4.69) is 104 Å². The van der Waals surface area contributed by atoms with Crippen molar-refractivity contribution in [2.75, 3.05) is 0 Å². The van der Waals surface area contributed by atoms with Crippen LogP contribution in [-0.4, -0.2) is 11.6 Å². The van der Waals surface area contributed by atoms with Crippen molar-refractivity contribution in [3.63, 3.8) is 0 Å². The summed E-state index contributed by atoms with van der Waals surface area (Å²) in [6, 6.07) is 0. The minimum Gasteiger partial charge on any atom is -0.487 e. The van der Waals surface area contributed by atoms with E-state index >= 15 is 0 Å². The molecule has 1 aliphatic heterocycles. The maximum absolute atomic E-state index is 11.6. The van der Waals surface area contributed by atoms with E-state index in [1.54, 1.807) is 0 Å². The zero-order chi connectivity index (χ0) is 48.2. The summed E-state index contributed by atoms with van der Waals surface area (Å²) in [5.41, 5.74) is 4.29. The summed E-state index contributed by atoms with van der Waals surface area (Å²) in [7, 11) is 0. The monoisotopic (exact) mass is 895 g/mol. The molecule has 1 aromatic rings. The Morgan fingerprint density at radius 1 is 0.469 bits per heavy atom. The van der Waals surface area contributed by atoms with Gasteiger partial charge in [0.25, 0.3) is 0 Å². The SMILES string of the molecule is CC(=O)Oc1c(C)c(C)c2c(c1C)CC[C@@](C)(CCC[C@H](C)CCC[C@H](C)CCCC(C)C)O2.CC(C)CCCC(C)CCCC(C)CCCCC(C)CCCC(C)CCCC(C)C. The first kappa shape index (κ1) is 60.5. The molecule has 0 aliphatic carbocycles. The molecule has 1 aromatic carbocycles. The largest absolute Gasteiger partial charge is 0.487 e. The van der Waals surface area contributed by atoms with Gasteiger partial charge in [-0.15, -0.1) is 0 Å². The van der Waals surface area contributed by atoms with Gasteiger partial charge in [0.15, 0.2) is 0 Å². The summed E-state index contributed by atoms with van der Waals surface area (Å²) < 4.78 is 12.2.